The molecule has 0 aromatic heterocycles. The molecule has 0 fully saturated rings. The Kier molecular flexibility index (Phi) is 7.09. The Morgan fingerprint density at radius 3 is 2.45 bits per heavy atom. The summed E-state index contributed by atoms with van der Waals surface area (Å²) < 4.78 is 26.9. The zero-order valence-electron chi connectivity index (χ0n) is 17.2. The molecule has 0 radical (unpaired) electrons. The van der Waals surface area contributed by atoms with Crippen molar-refractivity contribution in [2.24, 2.45) is 5.10 Å². The lowest BCUT2D eigenvalue weighted by molar-refractivity contribution is -0.118. The van der Waals surface area contributed by atoms with E-state index in [0.717, 1.165) is 0 Å². The topological polar surface area (TPSA) is 99.2 Å². The lowest BCUT2D eigenvalue weighted by Gasteiger charge is -2.23. The van der Waals surface area contributed by atoms with Gasteiger partial charge in [0.05, 0.1) is 21.3 Å². The molecule has 31 heavy (non-hydrogen) atoms. The molecule has 0 aliphatic carbocycles. The van der Waals surface area contributed by atoms with Crippen LogP contribution in [0.25, 0.3) is 0 Å². The highest BCUT2D eigenvalue weighted by Crippen LogP contribution is 2.28. The van der Waals surface area contributed by atoms with Gasteiger partial charge in [0.15, 0.2) is 0 Å². The smallest absolute Gasteiger partial charge is 0.271 e. The quantitative estimate of drug-likeness (QED) is 0.680. The molecule has 2 amide bonds. The number of carbonyl (C=O) groups is 2. The number of hydrazone groups is 1. The van der Waals surface area contributed by atoms with Gasteiger partial charge in [-0.2, -0.15) is 9.41 Å². The normalized spacial score (nSPS) is 14.5. The van der Waals surface area contributed by atoms with Gasteiger partial charge in [-0.3, -0.25) is 9.59 Å². The van der Waals surface area contributed by atoms with Gasteiger partial charge in [0, 0.05) is 25.9 Å². The number of para-hydroxylation sites is 1. The molecule has 1 aliphatic rings. The number of benzene rings is 2. The van der Waals surface area contributed by atoms with Crippen molar-refractivity contribution in [2.75, 3.05) is 23.4 Å². The van der Waals surface area contributed by atoms with E-state index in [4.69, 9.17) is 11.6 Å². The molecule has 1 aliphatic heterocycles. The summed E-state index contributed by atoms with van der Waals surface area (Å²) in [6, 6.07) is 13.0. The molecule has 164 valence electrons. The number of amides is 2. The predicted molar refractivity (Wildman–Crippen MR) is 121 cm³/mol. The van der Waals surface area contributed by atoms with Crippen molar-refractivity contribution in [3.8, 4) is 0 Å². The van der Waals surface area contributed by atoms with E-state index in [9.17, 15) is 18.0 Å². The second kappa shape index (κ2) is 9.59. The van der Waals surface area contributed by atoms with Crippen LogP contribution in [0.2, 0.25) is 5.02 Å². The number of hydrogen-bond acceptors (Lipinski definition) is 5. The number of hydrogen-bond donors (Lipinski definition) is 1. The van der Waals surface area contributed by atoms with Crippen LogP contribution in [0.3, 0.4) is 0 Å². The zero-order valence-corrected chi connectivity index (χ0v) is 18.8. The average molecular weight is 463 g/mol. The maximum Gasteiger partial charge on any atom is 0.271 e. The molecule has 0 atom stereocenters. The third-order valence-electron chi connectivity index (χ3n) is 4.82. The van der Waals surface area contributed by atoms with Crippen LogP contribution in [0.15, 0.2) is 58.5 Å². The first-order chi connectivity index (χ1) is 14.8. The molecule has 0 saturated heterocycles. The molecule has 1 N–H and O–H groups in total. The van der Waals surface area contributed by atoms with E-state index in [1.54, 1.807) is 38.1 Å². The second-order valence-electron chi connectivity index (χ2n) is 6.77. The highest BCUT2D eigenvalue weighted by atomic mass is 35.5. The van der Waals surface area contributed by atoms with Gasteiger partial charge in [-0.1, -0.05) is 43.6 Å². The Bertz CT molecular complexity index is 1120. The summed E-state index contributed by atoms with van der Waals surface area (Å²) in [6.07, 6.45) is 0.300. The van der Waals surface area contributed by atoms with E-state index in [0.29, 0.717) is 18.8 Å². The van der Waals surface area contributed by atoms with Crippen LogP contribution in [-0.4, -0.2) is 43.3 Å². The van der Waals surface area contributed by atoms with Crippen molar-refractivity contribution in [1.29, 1.82) is 0 Å². The van der Waals surface area contributed by atoms with Gasteiger partial charge < -0.3 is 5.32 Å². The maximum absolute atomic E-state index is 12.8. The van der Waals surface area contributed by atoms with Crippen molar-refractivity contribution < 1.29 is 18.0 Å². The molecule has 0 bridgehead atoms. The molecule has 0 unspecified atom stereocenters. The molecular weight excluding hydrogens is 440 g/mol. The molecule has 1 heterocycles. The van der Waals surface area contributed by atoms with E-state index in [1.807, 2.05) is 6.07 Å². The minimum atomic E-state index is -3.71. The fraction of sp³-hybridized carbons (Fsp3) is 0.286. The van der Waals surface area contributed by atoms with Crippen LogP contribution in [0.1, 0.15) is 26.7 Å². The number of nitrogens with one attached hydrogen (secondary N) is 1. The highest BCUT2D eigenvalue weighted by molar-refractivity contribution is 7.89. The first-order valence-corrected chi connectivity index (χ1v) is 11.7. The Morgan fingerprint density at radius 2 is 1.81 bits per heavy atom. The number of carbonyl (C=O) groups excluding carboxylic acids is 2. The van der Waals surface area contributed by atoms with E-state index < -0.39 is 15.9 Å². The molecule has 0 saturated carbocycles. The fourth-order valence-corrected chi connectivity index (χ4v) is 4.80. The predicted octanol–water partition coefficient (Wildman–Crippen LogP) is 3.49. The lowest BCUT2D eigenvalue weighted by Crippen LogP contribution is -2.36. The number of halogens is 1. The summed E-state index contributed by atoms with van der Waals surface area (Å²) in [5.74, 6) is -0.763. The largest absolute Gasteiger partial charge is 0.319 e. The van der Waals surface area contributed by atoms with E-state index in [-0.39, 0.29) is 40.1 Å². The van der Waals surface area contributed by atoms with Gasteiger partial charge in [-0.25, -0.2) is 13.4 Å². The fourth-order valence-electron chi connectivity index (χ4n) is 3.16. The van der Waals surface area contributed by atoms with Crippen LogP contribution >= 0.6 is 11.6 Å². The minimum absolute atomic E-state index is 0.0302. The number of sulfonamides is 1. The summed E-state index contributed by atoms with van der Waals surface area (Å²) >= 11 is 6.20. The van der Waals surface area contributed by atoms with Gasteiger partial charge in [-0.05, 0) is 30.3 Å². The van der Waals surface area contributed by atoms with Crippen molar-refractivity contribution in [2.45, 2.75) is 31.6 Å². The van der Waals surface area contributed by atoms with Crippen molar-refractivity contribution in [3.05, 3.63) is 53.6 Å². The third kappa shape index (κ3) is 4.95. The Balaban J connectivity index is 1.87. The number of rotatable bonds is 7. The first-order valence-electron chi connectivity index (χ1n) is 9.84. The summed E-state index contributed by atoms with van der Waals surface area (Å²) in [4.78, 5) is 25.1. The second-order valence-corrected chi connectivity index (χ2v) is 9.12. The van der Waals surface area contributed by atoms with Gasteiger partial charge in [0.25, 0.3) is 5.91 Å². The lowest BCUT2D eigenvalue weighted by atomic mass is 10.1. The van der Waals surface area contributed by atoms with Gasteiger partial charge >= 0.3 is 0 Å². The van der Waals surface area contributed by atoms with Crippen molar-refractivity contribution in [3.63, 3.8) is 0 Å². The van der Waals surface area contributed by atoms with E-state index in [2.05, 4.69) is 10.4 Å². The van der Waals surface area contributed by atoms with E-state index in [1.165, 1.54) is 27.5 Å². The molecule has 2 aromatic carbocycles. The maximum atomic E-state index is 12.8. The molecule has 10 heteroatoms. The highest BCUT2D eigenvalue weighted by Gasteiger charge is 2.27. The van der Waals surface area contributed by atoms with E-state index >= 15 is 0 Å². The van der Waals surface area contributed by atoms with Gasteiger partial charge in [-0.15, -0.1) is 0 Å². The Hall–Kier alpha value is -2.75. The molecule has 3 rings (SSSR count). The first kappa shape index (κ1) is 22.9. The summed E-state index contributed by atoms with van der Waals surface area (Å²) in [7, 11) is -3.71. The van der Waals surface area contributed by atoms with Crippen LogP contribution in [0, 0.1) is 0 Å². The Labute approximate surface area is 186 Å². The monoisotopic (exact) mass is 462 g/mol. The van der Waals surface area contributed by atoms with Gasteiger partial charge in [0.2, 0.25) is 15.9 Å². The van der Waals surface area contributed by atoms with Crippen LogP contribution in [0.5, 0.6) is 0 Å². The van der Waals surface area contributed by atoms with Crippen molar-refractivity contribution in [1.82, 2.24) is 4.31 Å². The summed E-state index contributed by atoms with van der Waals surface area (Å²) in [5, 5.41) is 8.22. The zero-order chi connectivity index (χ0) is 22.6. The standard InChI is InChI=1S/C21H23ClN4O4S/c1-3-25(4-2)31(29,30)16-10-11-17(22)19(14-16)23-21(28)18-12-13-20(27)26(24-18)15-8-6-5-7-9-15/h5-11,14H,3-4,12-13H2,1-2H3,(H,23,28). The van der Waals surface area contributed by atoms with Crippen LogP contribution < -0.4 is 10.3 Å². The van der Waals surface area contributed by atoms with Crippen molar-refractivity contribution >= 4 is 50.5 Å². The van der Waals surface area contributed by atoms with Crippen LogP contribution in [0.4, 0.5) is 11.4 Å². The molecule has 2 aromatic rings. The third-order valence-corrected chi connectivity index (χ3v) is 7.20. The molecule has 0 spiro atoms. The minimum Gasteiger partial charge on any atom is -0.319 e. The SMILES string of the molecule is CCN(CC)S(=O)(=O)c1ccc(Cl)c(NC(=O)C2=NN(c3ccccc3)C(=O)CC2)c1. The number of anilines is 2. The van der Waals surface area contributed by atoms with Crippen LogP contribution in [-0.2, 0) is 19.6 Å². The Morgan fingerprint density at radius 1 is 1.13 bits per heavy atom. The summed E-state index contributed by atoms with van der Waals surface area (Å²) in [6.45, 7) is 4.15. The molecular formula is C21H23ClN4O4S. The van der Waals surface area contributed by atoms with Gasteiger partial charge in [0.1, 0.15) is 5.71 Å². The number of nitrogens with zero attached hydrogens (tertiary/aromatic N) is 3. The average Bonchev–Trinajstić information content (AvgIpc) is 2.76. The summed E-state index contributed by atoms with van der Waals surface area (Å²) in [5.41, 5.74) is 0.866. The molecule has 8 nitrogen and oxygen atoms in total.